The SMILES string of the molecule is O=C1C[C@@H]2CC[C@H](CN1)N2C(=O)Cn1cnc2ccsc2c1=O. The van der Waals surface area contributed by atoms with E-state index in [1.54, 1.807) is 11.0 Å². The van der Waals surface area contributed by atoms with Crippen LogP contribution in [0.15, 0.2) is 22.6 Å². The van der Waals surface area contributed by atoms with Crippen molar-refractivity contribution in [1.82, 2.24) is 19.8 Å². The van der Waals surface area contributed by atoms with Crippen LogP contribution in [0.4, 0.5) is 0 Å². The van der Waals surface area contributed by atoms with E-state index < -0.39 is 0 Å². The Hall–Kier alpha value is -2.22. The molecule has 8 heteroatoms. The fourth-order valence-electron chi connectivity index (χ4n) is 3.51. The van der Waals surface area contributed by atoms with Crippen LogP contribution in [0, 0.1) is 0 Å². The van der Waals surface area contributed by atoms with Crippen molar-refractivity contribution in [3.63, 3.8) is 0 Å². The largest absolute Gasteiger partial charge is 0.354 e. The molecule has 2 fully saturated rings. The van der Waals surface area contributed by atoms with Crippen LogP contribution in [0.2, 0.25) is 0 Å². The van der Waals surface area contributed by atoms with Gasteiger partial charge < -0.3 is 10.2 Å². The molecule has 0 aliphatic carbocycles. The second-order valence-electron chi connectivity index (χ2n) is 6.01. The van der Waals surface area contributed by atoms with Gasteiger partial charge in [-0.15, -0.1) is 11.3 Å². The first-order valence-corrected chi connectivity index (χ1v) is 8.52. The van der Waals surface area contributed by atoms with Crippen LogP contribution in [-0.2, 0) is 16.1 Å². The molecule has 2 saturated heterocycles. The van der Waals surface area contributed by atoms with Gasteiger partial charge in [-0.25, -0.2) is 4.98 Å². The van der Waals surface area contributed by atoms with E-state index in [1.165, 1.54) is 22.2 Å². The monoisotopic (exact) mass is 332 g/mol. The number of aromatic nitrogens is 2. The second kappa shape index (κ2) is 5.45. The Balaban J connectivity index is 1.60. The average Bonchev–Trinajstić information content (AvgIpc) is 3.10. The molecule has 0 spiro atoms. The molecule has 120 valence electrons. The summed E-state index contributed by atoms with van der Waals surface area (Å²) in [6.07, 6.45) is 3.52. The first kappa shape index (κ1) is 14.4. The van der Waals surface area contributed by atoms with Crippen molar-refractivity contribution in [2.75, 3.05) is 6.54 Å². The zero-order chi connectivity index (χ0) is 16.0. The van der Waals surface area contributed by atoms with Crippen molar-refractivity contribution in [2.45, 2.75) is 37.9 Å². The lowest BCUT2D eigenvalue weighted by Crippen LogP contribution is -2.45. The van der Waals surface area contributed by atoms with Gasteiger partial charge >= 0.3 is 0 Å². The number of carbonyl (C=O) groups is 2. The molecular weight excluding hydrogens is 316 g/mol. The summed E-state index contributed by atoms with van der Waals surface area (Å²) in [6.45, 7) is 0.471. The van der Waals surface area contributed by atoms with E-state index in [0.717, 1.165) is 12.8 Å². The third-order valence-corrected chi connectivity index (χ3v) is 5.50. The molecule has 23 heavy (non-hydrogen) atoms. The van der Waals surface area contributed by atoms with Crippen LogP contribution in [0.1, 0.15) is 19.3 Å². The molecule has 7 nitrogen and oxygen atoms in total. The summed E-state index contributed by atoms with van der Waals surface area (Å²) < 4.78 is 1.93. The Bertz CT molecular complexity index is 843. The Kier molecular flexibility index (Phi) is 3.41. The number of hydrogen-bond donors (Lipinski definition) is 1. The van der Waals surface area contributed by atoms with Crippen LogP contribution in [0.5, 0.6) is 0 Å². The highest BCUT2D eigenvalue weighted by Gasteiger charge is 2.40. The molecule has 2 bridgehead atoms. The van der Waals surface area contributed by atoms with Gasteiger partial charge in [0.1, 0.15) is 11.2 Å². The van der Waals surface area contributed by atoms with Gasteiger partial charge in [0.05, 0.1) is 11.8 Å². The summed E-state index contributed by atoms with van der Waals surface area (Å²) in [5.74, 6) is -0.123. The maximum Gasteiger partial charge on any atom is 0.271 e. The molecule has 0 aromatic carbocycles. The molecule has 1 N–H and O–H groups in total. The number of thiophene rings is 1. The number of hydrogen-bond acceptors (Lipinski definition) is 5. The maximum absolute atomic E-state index is 12.7. The third-order valence-electron chi connectivity index (χ3n) is 4.61. The molecule has 2 aromatic heterocycles. The highest BCUT2D eigenvalue weighted by molar-refractivity contribution is 7.17. The summed E-state index contributed by atoms with van der Waals surface area (Å²) in [7, 11) is 0. The van der Waals surface area contributed by atoms with E-state index in [0.29, 0.717) is 23.2 Å². The molecule has 0 unspecified atom stereocenters. The fourth-order valence-corrected chi connectivity index (χ4v) is 4.30. The summed E-state index contributed by atoms with van der Waals surface area (Å²) in [4.78, 5) is 42.8. The van der Waals surface area contributed by atoms with Crippen LogP contribution >= 0.6 is 11.3 Å². The van der Waals surface area contributed by atoms with Gasteiger partial charge in [0, 0.05) is 25.0 Å². The first-order valence-electron chi connectivity index (χ1n) is 7.64. The van der Waals surface area contributed by atoms with E-state index in [9.17, 15) is 14.4 Å². The molecule has 4 rings (SSSR count). The van der Waals surface area contributed by atoms with Gasteiger partial charge in [-0.1, -0.05) is 0 Å². The number of nitrogens with zero attached hydrogens (tertiary/aromatic N) is 3. The van der Waals surface area contributed by atoms with Crippen molar-refractivity contribution in [3.05, 3.63) is 28.1 Å². The Labute approximate surface area is 135 Å². The van der Waals surface area contributed by atoms with E-state index in [4.69, 9.17) is 0 Å². The van der Waals surface area contributed by atoms with Gasteiger partial charge in [0.15, 0.2) is 0 Å². The van der Waals surface area contributed by atoms with Crippen molar-refractivity contribution in [2.24, 2.45) is 0 Å². The van der Waals surface area contributed by atoms with E-state index in [2.05, 4.69) is 10.3 Å². The minimum Gasteiger partial charge on any atom is -0.354 e. The standard InChI is InChI=1S/C15H16N4O3S/c20-12-5-9-1-2-10(6-16-12)19(9)13(21)7-18-8-17-11-3-4-23-14(11)15(18)22/h3-4,8-10H,1-2,5-7H2,(H,16,20)/t9-,10+/m0/s1. The number of fused-ring (bicyclic) bond motifs is 3. The average molecular weight is 332 g/mol. The van der Waals surface area contributed by atoms with E-state index in [1.807, 2.05) is 5.38 Å². The van der Waals surface area contributed by atoms with Gasteiger partial charge in [-0.3, -0.25) is 19.0 Å². The normalized spacial score (nSPS) is 23.8. The minimum atomic E-state index is -0.185. The second-order valence-corrected chi connectivity index (χ2v) is 6.92. The van der Waals surface area contributed by atoms with Gasteiger partial charge in [0.25, 0.3) is 5.56 Å². The summed E-state index contributed by atoms with van der Waals surface area (Å²) in [6, 6.07) is 1.78. The number of carbonyl (C=O) groups excluding carboxylic acids is 2. The van der Waals surface area contributed by atoms with Crippen molar-refractivity contribution < 1.29 is 9.59 Å². The fraction of sp³-hybridized carbons (Fsp3) is 0.467. The lowest BCUT2D eigenvalue weighted by atomic mass is 10.1. The Morgan fingerprint density at radius 2 is 2.17 bits per heavy atom. The molecule has 2 amide bonds. The van der Waals surface area contributed by atoms with Crippen LogP contribution in [-0.4, -0.2) is 44.9 Å². The molecule has 2 aliphatic rings. The quantitative estimate of drug-likeness (QED) is 0.859. The molecule has 2 aliphatic heterocycles. The summed E-state index contributed by atoms with van der Waals surface area (Å²) in [5, 5.41) is 4.66. The first-order chi connectivity index (χ1) is 11.1. The highest BCUT2D eigenvalue weighted by atomic mass is 32.1. The van der Waals surface area contributed by atoms with Crippen LogP contribution in [0.3, 0.4) is 0 Å². The van der Waals surface area contributed by atoms with Gasteiger partial charge in [-0.2, -0.15) is 0 Å². The smallest absolute Gasteiger partial charge is 0.271 e. The van der Waals surface area contributed by atoms with Crippen molar-refractivity contribution in [3.8, 4) is 0 Å². The predicted octanol–water partition coefficient (Wildman–Crippen LogP) is 0.338. The van der Waals surface area contributed by atoms with Crippen molar-refractivity contribution >= 4 is 33.4 Å². The zero-order valence-corrected chi connectivity index (χ0v) is 13.2. The molecule has 4 heterocycles. The lowest BCUT2D eigenvalue weighted by molar-refractivity contribution is -0.134. The predicted molar refractivity (Wildman–Crippen MR) is 85.2 cm³/mol. The lowest BCUT2D eigenvalue weighted by Gasteiger charge is -2.27. The van der Waals surface area contributed by atoms with Gasteiger partial charge in [0.2, 0.25) is 11.8 Å². The molecule has 2 aromatic rings. The van der Waals surface area contributed by atoms with E-state index >= 15 is 0 Å². The van der Waals surface area contributed by atoms with Crippen LogP contribution < -0.4 is 10.9 Å². The third kappa shape index (κ3) is 2.42. The summed E-state index contributed by atoms with van der Waals surface area (Å²) >= 11 is 1.33. The highest BCUT2D eigenvalue weighted by Crippen LogP contribution is 2.28. The minimum absolute atomic E-state index is 0.00570. The Morgan fingerprint density at radius 3 is 3.04 bits per heavy atom. The molecule has 2 atom stereocenters. The molecule has 0 radical (unpaired) electrons. The van der Waals surface area contributed by atoms with Crippen LogP contribution in [0.25, 0.3) is 10.2 Å². The maximum atomic E-state index is 12.7. The van der Waals surface area contributed by atoms with Gasteiger partial charge in [-0.05, 0) is 24.3 Å². The molecule has 0 saturated carbocycles. The topological polar surface area (TPSA) is 84.3 Å². The summed E-state index contributed by atoms with van der Waals surface area (Å²) in [5.41, 5.74) is 0.475. The van der Waals surface area contributed by atoms with E-state index in [-0.39, 0.29) is 36.0 Å². The molecular formula is C15H16N4O3S. The number of rotatable bonds is 2. The van der Waals surface area contributed by atoms with Crippen molar-refractivity contribution in [1.29, 1.82) is 0 Å². The number of amides is 2. The zero-order valence-electron chi connectivity index (χ0n) is 12.4. The Morgan fingerprint density at radius 1 is 1.35 bits per heavy atom. The number of nitrogens with one attached hydrogen (secondary N) is 1.